The number of likely N-dealkylation sites (tertiary alicyclic amines) is 1. The summed E-state index contributed by atoms with van der Waals surface area (Å²) in [7, 11) is 0. The molecule has 0 aromatic heterocycles. The minimum atomic E-state index is -1.24. The number of carbonyl (C=O) groups is 4. The van der Waals surface area contributed by atoms with Crippen molar-refractivity contribution >= 4 is 35.1 Å². The van der Waals surface area contributed by atoms with E-state index in [9.17, 15) is 29.3 Å². The molecule has 158 valence electrons. The number of ether oxygens (including phenoxy) is 1. The maximum absolute atomic E-state index is 12.6. The first-order valence-electron chi connectivity index (χ1n) is 9.48. The predicted octanol–water partition coefficient (Wildman–Crippen LogP) is 1.80. The minimum Gasteiger partial charge on any atom is -0.451 e. The molecule has 0 unspecified atom stereocenters. The number of hydrogen-bond donors (Lipinski definition) is 1. The number of carbonyl (C=O) groups excluding carboxylic acids is 4. The molecule has 4 atom stereocenters. The monoisotopic (exact) mass is 415 g/mol. The van der Waals surface area contributed by atoms with E-state index in [-0.39, 0.29) is 11.4 Å². The lowest BCUT2D eigenvalue weighted by atomic mass is 9.85. The second kappa shape index (κ2) is 8.44. The lowest BCUT2D eigenvalue weighted by Crippen LogP contribution is -2.46. The Hall–Kier alpha value is -3.56. The van der Waals surface area contributed by atoms with E-state index in [1.54, 1.807) is 0 Å². The summed E-state index contributed by atoms with van der Waals surface area (Å²) in [6, 6.07) is 4.15. The molecule has 1 aliphatic heterocycles. The van der Waals surface area contributed by atoms with Gasteiger partial charge in [-0.15, -0.1) is 0 Å². The molecule has 0 saturated carbocycles. The zero-order valence-electron chi connectivity index (χ0n) is 16.4. The highest BCUT2D eigenvalue weighted by Gasteiger charge is 2.50. The lowest BCUT2D eigenvalue weighted by molar-refractivity contribution is -0.384. The van der Waals surface area contributed by atoms with Gasteiger partial charge in [0.05, 0.1) is 16.8 Å². The van der Waals surface area contributed by atoms with E-state index >= 15 is 0 Å². The van der Waals surface area contributed by atoms with Crippen LogP contribution in [0.5, 0.6) is 0 Å². The van der Waals surface area contributed by atoms with E-state index in [1.807, 2.05) is 12.2 Å². The number of nitrogens with zero attached hydrogens (tertiary/aromatic N) is 2. The van der Waals surface area contributed by atoms with Gasteiger partial charge in [0.2, 0.25) is 11.8 Å². The second-order valence-corrected chi connectivity index (χ2v) is 7.25. The molecule has 30 heavy (non-hydrogen) atoms. The molecule has 0 bridgehead atoms. The third kappa shape index (κ3) is 4.07. The lowest BCUT2D eigenvalue weighted by Gasteiger charge is -2.23. The van der Waals surface area contributed by atoms with Crippen LogP contribution in [0.15, 0.2) is 36.4 Å². The van der Waals surface area contributed by atoms with Gasteiger partial charge in [0.15, 0.2) is 6.10 Å². The van der Waals surface area contributed by atoms with Crippen LogP contribution < -0.4 is 5.32 Å². The summed E-state index contributed by atoms with van der Waals surface area (Å²) in [6.07, 6.45) is 3.36. The van der Waals surface area contributed by atoms with Crippen LogP contribution in [-0.2, 0) is 23.9 Å². The molecule has 1 aromatic rings. The molecule has 1 aliphatic carbocycles. The zero-order chi connectivity index (χ0) is 22.0. The number of fused-ring (bicyclic) bond motifs is 1. The molecule has 1 fully saturated rings. The van der Waals surface area contributed by atoms with Gasteiger partial charge >= 0.3 is 5.97 Å². The molecule has 1 aromatic carbocycles. The van der Waals surface area contributed by atoms with Crippen LogP contribution in [0.1, 0.15) is 26.7 Å². The Bertz CT molecular complexity index is 916. The van der Waals surface area contributed by atoms with Crippen LogP contribution in [-0.4, -0.2) is 45.7 Å². The molecule has 10 heteroatoms. The molecule has 0 radical (unpaired) electrons. The van der Waals surface area contributed by atoms with Crippen molar-refractivity contribution in [3.63, 3.8) is 0 Å². The van der Waals surface area contributed by atoms with Crippen molar-refractivity contribution in [3.05, 3.63) is 46.5 Å². The summed E-state index contributed by atoms with van der Waals surface area (Å²) >= 11 is 0. The molecular formula is C20H21N3O7. The van der Waals surface area contributed by atoms with Gasteiger partial charge in [-0.05, 0) is 32.8 Å². The van der Waals surface area contributed by atoms with E-state index in [1.165, 1.54) is 38.1 Å². The number of allylic oxidation sites excluding steroid dienone is 2. The van der Waals surface area contributed by atoms with Crippen molar-refractivity contribution < 1.29 is 28.8 Å². The largest absolute Gasteiger partial charge is 0.451 e. The Morgan fingerprint density at radius 3 is 2.33 bits per heavy atom. The Balaban J connectivity index is 1.61. The number of nitro benzene ring substituents is 1. The van der Waals surface area contributed by atoms with Gasteiger partial charge in [-0.1, -0.05) is 18.2 Å². The maximum Gasteiger partial charge on any atom is 0.329 e. The number of anilines is 1. The number of nitrogens with one attached hydrogen (secondary N) is 1. The standard InChI is InChI=1S/C20H21N3O7/c1-11(22-18(25)15-8-3-4-9-16(15)19(22)26)20(27)30-12(2)17(24)21-13-6-5-7-14(10-13)23(28)29/h3-7,10-12,15-16H,8-9H2,1-2H3,(H,21,24)/t11-,12-,15-,16+/m0/s1. The fourth-order valence-electron chi connectivity index (χ4n) is 3.58. The third-order valence-corrected chi connectivity index (χ3v) is 5.26. The Labute approximate surface area is 172 Å². The molecule has 1 heterocycles. The molecule has 10 nitrogen and oxygen atoms in total. The molecular weight excluding hydrogens is 394 g/mol. The number of benzene rings is 1. The summed E-state index contributed by atoms with van der Waals surface area (Å²) in [5.74, 6) is -3.34. The summed E-state index contributed by atoms with van der Waals surface area (Å²) in [4.78, 5) is 61.1. The molecule has 0 spiro atoms. The van der Waals surface area contributed by atoms with E-state index in [2.05, 4.69) is 5.32 Å². The van der Waals surface area contributed by atoms with E-state index in [4.69, 9.17) is 4.74 Å². The molecule has 1 saturated heterocycles. The normalized spacial score (nSPS) is 22.3. The van der Waals surface area contributed by atoms with E-state index in [0.717, 1.165) is 4.90 Å². The van der Waals surface area contributed by atoms with Crippen molar-refractivity contribution in [2.45, 2.75) is 38.8 Å². The fraction of sp³-hybridized carbons (Fsp3) is 0.400. The maximum atomic E-state index is 12.6. The van der Waals surface area contributed by atoms with Crippen molar-refractivity contribution in [3.8, 4) is 0 Å². The highest BCUT2D eigenvalue weighted by atomic mass is 16.6. The summed E-state index contributed by atoms with van der Waals surface area (Å²) in [5.41, 5.74) is -0.0280. The first-order valence-corrected chi connectivity index (χ1v) is 9.48. The van der Waals surface area contributed by atoms with E-state index in [0.29, 0.717) is 12.8 Å². The van der Waals surface area contributed by atoms with Crippen molar-refractivity contribution in [1.29, 1.82) is 0 Å². The van der Waals surface area contributed by atoms with Crippen molar-refractivity contribution in [2.75, 3.05) is 5.32 Å². The molecule has 2 aliphatic rings. The summed E-state index contributed by atoms with van der Waals surface area (Å²) in [5, 5.41) is 13.3. The van der Waals surface area contributed by atoms with Crippen molar-refractivity contribution in [2.24, 2.45) is 11.8 Å². The van der Waals surface area contributed by atoms with Crippen LogP contribution in [0.4, 0.5) is 11.4 Å². The quantitative estimate of drug-likeness (QED) is 0.246. The summed E-state index contributed by atoms with van der Waals surface area (Å²) < 4.78 is 5.14. The topological polar surface area (TPSA) is 136 Å². The van der Waals surface area contributed by atoms with Gasteiger partial charge in [0, 0.05) is 17.8 Å². The first kappa shape index (κ1) is 21.2. The van der Waals surface area contributed by atoms with Gasteiger partial charge in [0.1, 0.15) is 6.04 Å². The van der Waals surface area contributed by atoms with Gasteiger partial charge < -0.3 is 10.1 Å². The van der Waals surface area contributed by atoms with E-state index < -0.39 is 52.6 Å². The number of rotatable bonds is 6. The summed E-state index contributed by atoms with van der Waals surface area (Å²) in [6.45, 7) is 2.71. The van der Waals surface area contributed by atoms with Crippen LogP contribution >= 0.6 is 0 Å². The average Bonchev–Trinajstić information content (AvgIpc) is 2.98. The number of imide groups is 1. The molecule has 3 amide bonds. The zero-order valence-corrected chi connectivity index (χ0v) is 16.4. The average molecular weight is 415 g/mol. The third-order valence-electron chi connectivity index (χ3n) is 5.26. The smallest absolute Gasteiger partial charge is 0.329 e. The second-order valence-electron chi connectivity index (χ2n) is 7.25. The van der Waals surface area contributed by atoms with Gasteiger partial charge in [-0.2, -0.15) is 0 Å². The van der Waals surface area contributed by atoms with Crippen LogP contribution in [0.2, 0.25) is 0 Å². The fourth-order valence-corrected chi connectivity index (χ4v) is 3.58. The van der Waals surface area contributed by atoms with Crippen molar-refractivity contribution in [1.82, 2.24) is 4.90 Å². The number of amides is 3. The highest BCUT2D eigenvalue weighted by molar-refractivity contribution is 6.08. The number of nitro groups is 1. The Morgan fingerprint density at radius 1 is 1.17 bits per heavy atom. The predicted molar refractivity (Wildman–Crippen MR) is 104 cm³/mol. The van der Waals surface area contributed by atoms with Gasteiger partial charge in [-0.3, -0.25) is 29.4 Å². The van der Waals surface area contributed by atoms with Crippen LogP contribution in [0, 0.1) is 22.0 Å². The van der Waals surface area contributed by atoms with Gasteiger partial charge in [0.25, 0.3) is 11.6 Å². The highest BCUT2D eigenvalue weighted by Crippen LogP contribution is 2.36. The minimum absolute atomic E-state index is 0.173. The number of esters is 1. The first-order chi connectivity index (χ1) is 14.2. The Morgan fingerprint density at radius 2 is 1.77 bits per heavy atom. The molecule has 3 rings (SSSR count). The van der Waals surface area contributed by atoms with Gasteiger partial charge in [-0.25, -0.2) is 4.79 Å². The van der Waals surface area contributed by atoms with Crippen LogP contribution in [0.3, 0.4) is 0 Å². The Kier molecular flexibility index (Phi) is 5.95. The number of non-ortho nitro benzene ring substituents is 1. The van der Waals surface area contributed by atoms with Crippen LogP contribution in [0.25, 0.3) is 0 Å². The molecule has 1 N–H and O–H groups in total. The SMILES string of the molecule is C[C@H](OC(=O)[C@H](C)N1C(=O)[C@H]2CC=CC[C@H]2C1=O)C(=O)Nc1cccc([N+](=O)[O-])c1. The number of hydrogen-bond acceptors (Lipinski definition) is 7.